The zero-order valence-electron chi connectivity index (χ0n) is 22.5. The largest absolute Gasteiger partial charge is 0.449 e. The lowest BCUT2D eigenvalue weighted by Gasteiger charge is -2.39. The van der Waals surface area contributed by atoms with Gasteiger partial charge < -0.3 is 24.6 Å². The van der Waals surface area contributed by atoms with Gasteiger partial charge in [-0.05, 0) is 76.3 Å². The van der Waals surface area contributed by atoms with E-state index in [-0.39, 0.29) is 41.3 Å². The number of fused-ring (bicyclic) bond motifs is 3. The van der Waals surface area contributed by atoms with Crippen molar-refractivity contribution in [3.63, 3.8) is 0 Å². The van der Waals surface area contributed by atoms with Gasteiger partial charge in [-0.25, -0.2) is 4.79 Å². The van der Waals surface area contributed by atoms with Gasteiger partial charge in [-0.1, -0.05) is 18.2 Å². The molecule has 3 saturated heterocycles. The molecule has 0 unspecified atom stereocenters. The normalized spacial score (nSPS) is 24.2. The highest BCUT2D eigenvalue weighted by Crippen LogP contribution is 2.36. The molecule has 9 nitrogen and oxygen atoms in total. The molecule has 4 heterocycles. The van der Waals surface area contributed by atoms with Gasteiger partial charge in [0.25, 0.3) is 11.5 Å². The number of rotatable bonds is 7. The third kappa shape index (κ3) is 5.59. The Balaban J connectivity index is 1.14. The molecule has 3 atom stereocenters. The number of likely N-dealkylation sites (tertiary alicyclic amines) is 1. The number of carbonyl (C=O) groups excluding carboxylic acids is 2. The van der Waals surface area contributed by atoms with Crippen molar-refractivity contribution in [2.45, 2.75) is 89.1 Å². The van der Waals surface area contributed by atoms with Crippen LogP contribution in [0.25, 0.3) is 10.9 Å². The molecule has 3 fully saturated rings. The van der Waals surface area contributed by atoms with Crippen molar-refractivity contribution < 1.29 is 19.4 Å². The Bertz CT molecular complexity index is 1210. The maximum atomic E-state index is 13.3. The first kappa shape index (κ1) is 26.7. The number of ether oxygens (including phenoxy) is 1. The molecule has 9 heteroatoms. The standard InChI is InChI=1S/C29H40N4O5/c1-19(2)33-26-7-4-3-6-20(26)16-25(28(33)36)27(35)30-21-17-22-8-9-23(18-21)32(22)12-5-15-38-29(37)31-13-10-24(34)11-14-31/h3-4,6-7,16,19,21-24,34H,5,8-15,17-18H2,1-2H3,(H,30,35)/t21-,22-,23+. The average Bonchev–Trinajstić information content (AvgIpc) is 3.13. The topological polar surface area (TPSA) is 104 Å². The van der Waals surface area contributed by atoms with E-state index in [1.807, 2.05) is 38.1 Å². The number of aromatic nitrogens is 1. The van der Waals surface area contributed by atoms with Crippen molar-refractivity contribution in [1.82, 2.24) is 19.7 Å². The van der Waals surface area contributed by atoms with E-state index in [0.29, 0.717) is 44.6 Å². The van der Waals surface area contributed by atoms with Crippen molar-refractivity contribution in [2.24, 2.45) is 0 Å². The van der Waals surface area contributed by atoms with Crippen molar-refractivity contribution in [3.05, 3.63) is 46.2 Å². The molecule has 0 aliphatic carbocycles. The van der Waals surface area contributed by atoms with Crippen molar-refractivity contribution in [1.29, 1.82) is 0 Å². The summed E-state index contributed by atoms with van der Waals surface area (Å²) >= 11 is 0. The van der Waals surface area contributed by atoms with Crippen molar-refractivity contribution >= 4 is 22.9 Å². The van der Waals surface area contributed by atoms with E-state index in [9.17, 15) is 19.5 Å². The number of nitrogens with one attached hydrogen (secondary N) is 1. The highest BCUT2D eigenvalue weighted by molar-refractivity contribution is 5.97. The van der Waals surface area contributed by atoms with Crippen LogP contribution in [0.4, 0.5) is 4.79 Å². The molecule has 1 aromatic carbocycles. The zero-order valence-corrected chi connectivity index (χ0v) is 22.5. The number of aliphatic hydroxyl groups excluding tert-OH is 1. The van der Waals surface area contributed by atoms with Gasteiger partial charge in [0, 0.05) is 43.8 Å². The van der Waals surface area contributed by atoms with Crippen molar-refractivity contribution in [3.8, 4) is 0 Å². The fourth-order valence-electron chi connectivity index (χ4n) is 6.53. The highest BCUT2D eigenvalue weighted by Gasteiger charge is 2.41. The van der Waals surface area contributed by atoms with Crippen molar-refractivity contribution in [2.75, 3.05) is 26.2 Å². The number of pyridine rings is 1. The number of piperidine rings is 2. The van der Waals surface area contributed by atoms with E-state index in [4.69, 9.17) is 4.74 Å². The van der Waals surface area contributed by atoms with Crippen LogP contribution in [0, 0.1) is 0 Å². The molecule has 206 valence electrons. The van der Waals surface area contributed by atoms with Crippen LogP contribution in [0.2, 0.25) is 0 Å². The van der Waals surface area contributed by atoms with Gasteiger partial charge in [-0.3, -0.25) is 14.5 Å². The van der Waals surface area contributed by atoms with E-state index in [0.717, 1.165) is 49.6 Å². The maximum absolute atomic E-state index is 13.3. The summed E-state index contributed by atoms with van der Waals surface area (Å²) in [5.74, 6) is -0.287. The molecule has 2 N–H and O–H groups in total. The number of amides is 2. The van der Waals surface area contributed by atoms with Crippen LogP contribution in [0.15, 0.2) is 35.1 Å². The van der Waals surface area contributed by atoms with Crippen LogP contribution < -0.4 is 10.9 Å². The van der Waals surface area contributed by atoms with E-state index < -0.39 is 0 Å². The van der Waals surface area contributed by atoms with Gasteiger partial charge in [-0.15, -0.1) is 0 Å². The predicted molar refractivity (Wildman–Crippen MR) is 145 cm³/mol. The van der Waals surface area contributed by atoms with Crippen LogP contribution in [-0.4, -0.2) is 81.9 Å². The van der Waals surface area contributed by atoms with Gasteiger partial charge in [0.15, 0.2) is 0 Å². The molecule has 2 bridgehead atoms. The minimum Gasteiger partial charge on any atom is -0.449 e. The SMILES string of the molecule is CC(C)n1c(=O)c(C(=O)N[C@@H]2C[C@H]3CC[C@@H](C2)N3CCCOC(=O)N2CCC(O)CC2)cc2ccccc21. The number of aliphatic hydroxyl groups is 1. The summed E-state index contributed by atoms with van der Waals surface area (Å²) in [6.45, 7) is 6.28. The third-order valence-corrected chi connectivity index (χ3v) is 8.43. The van der Waals surface area contributed by atoms with Crippen LogP contribution >= 0.6 is 0 Å². The number of para-hydroxylation sites is 1. The minimum atomic E-state index is -0.312. The second-order valence-corrected chi connectivity index (χ2v) is 11.3. The molecule has 3 aliphatic heterocycles. The summed E-state index contributed by atoms with van der Waals surface area (Å²) < 4.78 is 7.19. The molecule has 2 amide bonds. The second-order valence-electron chi connectivity index (χ2n) is 11.3. The molecular weight excluding hydrogens is 484 g/mol. The molecule has 2 aromatic rings. The van der Waals surface area contributed by atoms with E-state index >= 15 is 0 Å². The van der Waals surface area contributed by atoms with Crippen LogP contribution in [0.1, 0.15) is 75.2 Å². The molecule has 0 radical (unpaired) electrons. The number of benzene rings is 1. The molecular formula is C29H40N4O5. The van der Waals surface area contributed by atoms with Crippen LogP contribution in [-0.2, 0) is 4.74 Å². The summed E-state index contributed by atoms with van der Waals surface area (Å²) in [5.41, 5.74) is 0.805. The fraction of sp³-hybridized carbons (Fsp3) is 0.621. The highest BCUT2D eigenvalue weighted by atomic mass is 16.6. The summed E-state index contributed by atoms with van der Waals surface area (Å²) in [6.07, 6.45) is 5.33. The third-order valence-electron chi connectivity index (χ3n) is 8.43. The lowest BCUT2D eigenvalue weighted by Crippen LogP contribution is -2.51. The Kier molecular flexibility index (Phi) is 8.04. The second kappa shape index (κ2) is 11.5. The maximum Gasteiger partial charge on any atom is 0.409 e. The Morgan fingerprint density at radius 2 is 1.76 bits per heavy atom. The molecule has 3 aliphatic rings. The Labute approximate surface area is 223 Å². The first-order valence-corrected chi connectivity index (χ1v) is 14.1. The van der Waals surface area contributed by atoms with E-state index in [2.05, 4.69) is 10.2 Å². The first-order valence-electron chi connectivity index (χ1n) is 14.1. The van der Waals surface area contributed by atoms with Gasteiger partial charge in [0.1, 0.15) is 5.56 Å². The number of hydrogen-bond acceptors (Lipinski definition) is 6. The van der Waals surface area contributed by atoms with Crippen LogP contribution in [0.3, 0.4) is 0 Å². The minimum absolute atomic E-state index is 0.0434. The van der Waals surface area contributed by atoms with Gasteiger partial charge in [0.05, 0.1) is 18.2 Å². The Morgan fingerprint density at radius 1 is 1.08 bits per heavy atom. The number of carbonyl (C=O) groups is 2. The molecule has 1 aromatic heterocycles. The summed E-state index contributed by atoms with van der Waals surface area (Å²) in [5, 5.41) is 13.7. The molecule has 5 rings (SSSR count). The van der Waals surface area contributed by atoms with Gasteiger partial charge in [-0.2, -0.15) is 0 Å². The first-order chi connectivity index (χ1) is 18.3. The van der Waals surface area contributed by atoms with Gasteiger partial charge >= 0.3 is 6.09 Å². The number of nitrogens with zero attached hydrogens (tertiary/aromatic N) is 3. The Hall–Kier alpha value is -2.91. The molecule has 0 spiro atoms. The predicted octanol–water partition coefficient (Wildman–Crippen LogP) is 3.29. The zero-order chi connectivity index (χ0) is 26.8. The van der Waals surface area contributed by atoms with Crippen LogP contribution in [0.5, 0.6) is 0 Å². The summed E-state index contributed by atoms with van der Waals surface area (Å²) in [4.78, 5) is 43.0. The summed E-state index contributed by atoms with van der Waals surface area (Å²) in [6, 6.07) is 10.2. The Morgan fingerprint density at radius 3 is 2.45 bits per heavy atom. The van der Waals surface area contributed by atoms with Gasteiger partial charge in [0.2, 0.25) is 0 Å². The molecule has 0 saturated carbocycles. The monoisotopic (exact) mass is 524 g/mol. The average molecular weight is 525 g/mol. The number of hydrogen-bond donors (Lipinski definition) is 2. The lowest BCUT2D eigenvalue weighted by atomic mass is 9.96. The smallest absolute Gasteiger partial charge is 0.409 e. The van der Waals surface area contributed by atoms with E-state index in [1.54, 1.807) is 15.5 Å². The quantitative estimate of drug-likeness (QED) is 0.539. The lowest BCUT2D eigenvalue weighted by molar-refractivity contribution is 0.0541. The fourth-order valence-corrected chi connectivity index (χ4v) is 6.53. The molecule has 38 heavy (non-hydrogen) atoms. The summed E-state index contributed by atoms with van der Waals surface area (Å²) in [7, 11) is 0. The van der Waals surface area contributed by atoms with E-state index in [1.165, 1.54) is 0 Å².